The van der Waals surface area contributed by atoms with E-state index in [1.165, 1.54) is 0 Å². The van der Waals surface area contributed by atoms with Crippen molar-refractivity contribution in [1.82, 2.24) is 5.32 Å². The lowest BCUT2D eigenvalue weighted by Crippen LogP contribution is -3.00. The number of Topliss-reactive ketones (excluding diaryl/α,β-unsaturated/α-hetero) is 1. The average Bonchev–Trinajstić information content (AvgIpc) is 2.90. The molecular formula is C10H21ClN2O3. The molecule has 0 radical (unpaired) electrons. The van der Waals surface area contributed by atoms with E-state index in [2.05, 4.69) is 10.6 Å². The van der Waals surface area contributed by atoms with Gasteiger partial charge in [0, 0.05) is 27.2 Å². The zero-order chi connectivity index (χ0) is 11.1. The van der Waals surface area contributed by atoms with E-state index in [1.54, 1.807) is 14.2 Å². The molecule has 0 aromatic carbocycles. The first-order valence-corrected chi connectivity index (χ1v) is 5.37. The summed E-state index contributed by atoms with van der Waals surface area (Å²) in [5.41, 5.74) is 0. The molecule has 96 valence electrons. The van der Waals surface area contributed by atoms with Crippen molar-refractivity contribution < 1.29 is 32.0 Å². The molecular weight excluding hydrogens is 232 g/mol. The molecule has 0 bridgehead atoms. The van der Waals surface area contributed by atoms with Crippen LogP contribution in [0.5, 0.6) is 0 Å². The quantitative estimate of drug-likeness (QED) is 0.487. The van der Waals surface area contributed by atoms with Crippen molar-refractivity contribution in [1.29, 1.82) is 0 Å². The highest BCUT2D eigenvalue weighted by Gasteiger charge is 2.36. The van der Waals surface area contributed by atoms with Crippen LogP contribution in [0.2, 0.25) is 0 Å². The van der Waals surface area contributed by atoms with Gasteiger partial charge in [0.05, 0.1) is 19.5 Å². The highest BCUT2D eigenvalue weighted by atomic mass is 35.5. The average molecular weight is 253 g/mol. The summed E-state index contributed by atoms with van der Waals surface area (Å²) >= 11 is 0. The molecule has 0 aliphatic carbocycles. The van der Waals surface area contributed by atoms with Gasteiger partial charge in [0.2, 0.25) is 5.79 Å². The number of rotatable bonds is 2. The van der Waals surface area contributed by atoms with Crippen molar-refractivity contribution in [3.8, 4) is 0 Å². The van der Waals surface area contributed by atoms with Crippen molar-refractivity contribution in [2.24, 2.45) is 0 Å². The Labute approximate surface area is 103 Å². The van der Waals surface area contributed by atoms with Crippen molar-refractivity contribution >= 4 is 5.78 Å². The first kappa shape index (κ1) is 15.8. The van der Waals surface area contributed by atoms with Crippen molar-refractivity contribution in [2.75, 3.05) is 40.4 Å². The monoisotopic (exact) mass is 252 g/mol. The van der Waals surface area contributed by atoms with Crippen LogP contribution in [0.25, 0.3) is 0 Å². The van der Waals surface area contributed by atoms with Crippen LogP contribution in [0.4, 0.5) is 0 Å². The second-order valence-electron chi connectivity index (χ2n) is 3.82. The lowest BCUT2D eigenvalue weighted by Gasteiger charge is -2.21. The van der Waals surface area contributed by atoms with Crippen LogP contribution in [-0.4, -0.2) is 52.0 Å². The first-order chi connectivity index (χ1) is 7.22. The second kappa shape index (κ2) is 7.97. The van der Waals surface area contributed by atoms with Crippen LogP contribution in [0.15, 0.2) is 0 Å². The molecule has 16 heavy (non-hydrogen) atoms. The molecule has 0 atom stereocenters. The van der Waals surface area contributed by atoms with Gasteiger partial charge in [-0.2, -0.15) is 0 Å². The predicted molar refractivity (Wildman–Crippen MR) is 55.5 cm³/mol. The minimum Gasteiger partial charge on any atom is -1.00 e. The number of carbonyl (C=O) groups is 1. The normalized spacial score (nSPS) is 22.2. The highest BCUT2D eigenvalue weighted by Crippen LogP contribution is 2.14. The van der Waals surface area contributed by atoms with Gasteiger partial charge in [-0.25, -0.2) is 0 Å². The van der Waals surface area contributed by atoms with E-state index in [9.17, 15) is 4.79 Å². The Bertz CT molecular complexity index is 194. The third-order valence-electron chi connectivity index (χ3n) is 2.83. The van der Waals surface area contributed by atoms with Crippen molar-refractivity contribution in [3.05, 3.63) is 0 Å². The highest BCUT2D eigenvalue weighted by molar-refractivity contribution is 5.82. The van der Waals surface area contributed by atoms with E-state index in [-0.39, 0.29) is 18.2 Å². The standard InChI is InChI=1S/C6H13NO2.C4H7NO.ClH/c1-8-6(9-2)3-4-7-5-6;6-4-1-2-5-3-4;/h7H,3-5H2,1-2H3;5H,1-3H2;1H. The molecule has 2 fully saturated rings. The summed E-state index contributed by atoms with van der Waals surface area (Å²) in [6, 6.07) is 0. The van der Waals surface area contributed by atoms with E-state index in [1.807, 2.05) is 0 Å². The number of nitrogens with one attached hydrogen (secondary N) is 1. The number of nitrogens with two attached hydrogens (primary N) is 1. The Kier molecular flexibility index (Phi) is 7.87. The molecule has 0 aromatic rings. The van der Waals surface area contributed by atoms with Gasteiger partial charge in [0.25, 0.3) is 0 Å². The molecule has 2 heterocycles. The number of quaternary nitrogens is 1. The van der Waals surface area contributed by atoms with Crippen LogP contribution in [-0.2, 0) is 14.3 Å². The summed E-state index contributed by atoms with van der Waals surface area (Å²) in [5, 5.41) is 5.12. The van der Waals surface area contributed by atoms with E-state index in [4.69, 9.17) is 9.47 Å². The molecule has 2 rings (SSSR count). The maximum atomic E-state index is 10.2. The molecule has 0 saturated carbocycles. The number of hydrogen-bond donors (Lipinski definition) is 2. The number of ether oxygens (including phenoxy) is 2. The van der Waals surface area contributed by atoms with Crippen LogP contribution in [0, 0.1) is 0 Å². The lowest BCUT2D eigenvalue weighted by molar-refractivity contribution is -0.646. The van der Waals surface area contributed by atoms with E-state index in [0.29, 0.717) is 12.3 Å². The zero-order valence-corrected chi connectivity index (χ0v) is 10.7. The van der Waals surface area contributed by atoms with Gasteiger partial charge >= 0.3 is 0 Å². The molecule has 0 unspecified atom stereocenters. The number of ketones is 1. The largest absolute Gasteiger partial charge is 1.00 e. The van der Waals surface area contributed by atoms with E-state index < -0.39 is 0 Å². The Morgan fingerprint density at radius 3 is 2.25 bits per heavy atom. The molecule has 0 aromatic heterocycles. The fourth-order valence-corrected chi connectivity index (χ4v) is 1.74. The molecule has 2 saturated heterocycles. The lowest BCUT2D eigenvalue weighted by atomic mass is 10.2. The number of methoxy groups -OCH3 is 2. The second-order valence-corrected chi connectivity index (χ2v) is 3.82. The third-order valence-corrected chi connectivity index (χ3v) is 2.83. The van der Waals surface area contributed by atoms with Gasteiger partial charge in [-0.1, -0.05) is 0 Å². The number of hydrogen-bond acceptors (Lipinski definition) is 4. The number of halogens is 1. The van der Waals surface area contributed by atoms with Gasteiger partial charge in [-0.3, -0.25) is 4.79 Å². The SMILES string of the molecule is COC1(OC)CC[NH2+]C1.O=C1CCNC1.[Cl-]. The fraction of sp³-hybridized carbons (Fsp3) is 0.900. The van der Waals surface area contributed by atoms with Gasteiger partial charge in [-0.05, 0) is 0 Å². The molecule has 2 aliphatic rings. The van der Waals surface area contributed by atoms with E-state index >= 15 is 0 Å². The van der Waals surface area contributed by atoms with Gasteiger partial charge in [0.1, 0.15) is 12.3 Å². The van der Waals surface area contributed by atoms with Crippen LogP contribution in [0.1, 0.15) is 12.8 Å². The Morgan fingerprint density at radius 2 is 2.06 bits per heavy atom. The van der Waals surface area contributed by atoms with Crippen molar-refractivity contribution in [2.45, 2.75) is 18.6 Å². The van der Waals surface area contributed by atoms with Gasteiger partial charge in [-0.15, -0.1) is 0 Å². The maximum absolute atomic E-state index is 10.2. The summed E-state index contributed by atoms with van der Waals surface area (Å²) < 4.78 is 10.4. The summed E-state index contributed by atoms with van der Waals surface area (Å²) in [5.74, 6) is 0.0648. The molecule has 3 N–H and O–H groups in total. The fourth-order valence-electron chi connectivity index (χ4n) is 1.74. The smallest absolute Gasteiger partial charge is 0.223 e. The topological polar surface area (TPSA) is 64.2 Å². The molecule has 5 nitrogen and oxygen atoms in total. The molecule has 0 spiro atoms. The molecule has 2 aliphatic heterocycles. The minimum atomic E-state index is -0.278. The molecule has 0 amide bonds. The Hall–Kier alpha value is -0.200. The summed E-state index contributed by atoms with van der Waals surface area (Å²) in [4.78, 5) is 10.2. The van der Waals surface area contributed by atoms with E-state index in [0.717, 1.165) is 32.5 Å². The zero-order valence-electron chi connectivity index (χ0n) is 9.92. The van der Waals surface area contributed by atoms with Gasteiger partial charge in [0.15, 0.2) is 0 Å². The summed E-state index contributed by atoms with van der Waals surface area (Å²) in [6.45, 7) is 3.53. The van der Waals surface area contributed by atoms with Crippen molar-refractivity contribution in [3.63, 3.8) is 0 Å². The maximum Gasteiger partial charge on any atom is 0.223 e. The van der Waals surface area contributed by atoms with Gasteiger partial charge < -0.3 is 32.5 Å². The van der Waals surface area contributed by atoms with Crippen LogP contribution in [0.3, 0.4) is 0 Å². The minimum absolute atomic E-state index is 0. The van der Waals surface area contributed by atoms with Crippen LogP contribution < -0.4 is 23.0 Å². The first-order valence-electron chi connectivity index (χ1n) is 5.37. The third kappa shape index (κ3) is 4.76. The van der Waals surface area contributed by atoms with Crippen LogP contribution >= 0.6 is 0 Å². The Morgan fingerprint density at radius 1 is 1.38 bits per heavy atom. The summed E-state index contributed by atoms with van der Waals surface area (Å²) in [7, 11) is 3.39. The number of carbonyl (C=O) groups excluding carboxylic acids is 1. The predicted octanol–water partition coefficient (Wildman–Crippen LogP) is -4.50. The Balaban J connectivity index is 0.000000283. The molecule has 6 heteroatoms. The summed E-state index contributed by atoms with van der Waals surface area (Å²) in [6.07, 6.45) is 1.74.